The van der Waals surface area contributed by atoms with Crippen LogP contribution in [0.4, 0.5) is 8.78 Å². The van der Waals surface area contributed by atoms with Crippen molar-refractivity contribution in [2.24, 2.45) is 5.73 Å². The Kier molecular flexibility index (Phi) is 8.96. The molecule has 0 atom stereocenters. The Morgan fingerprint density at radius 3 is 2.32 bits per heavy atom. The van der Waals surface area contributed by atoms with Crippen LogP contribution in [0.1, 0.15) is 62.9 Å². The Morgan fingerprint density at radius 1 is 1.21 bits per heavy atom. The molecule has 9 heteroatoms. The van der Waals surface area contributed by atoms with Crippen LogP contribution in [0.25, 0.3) is 16.6 Å². The van der Waals surface area contributed by atoms with E-state index in [-0.39, 0.29) is 17.1 Å². The van der Waals surface area contributed by atoms with Crippen molar-refractivity contribution >= 4 is 11.4 Å². The first-order valence-electron chi connectivity index (χ1n) is 11.0. The average Bonchev–Trinajstić information content (AvgIpc) is 3.64. The smallest absolute Gasteiger partial charge is 0.387 e. The van der Waals surface area contributed by atoms with Gasteiger partial charge in [0.05, 0.1) is 30.3 Å². The zero-order valence-electron chi connectivity index (χ0n) is 20.1. The largest absolute Gasteiger partial charge is 0.496 e. The van der Waals surface area contributed by atoms with Crippen molar-refractivity contribution in [2.45, 2.75) is 59.0 Å². The molecule has 182 valence electrons. The molecule has 1 saturated carbocycles. The molecule has 1 amide bonds. The monoisotopic (exact) mass is 472 g/mol. The van der Waals surface area contributed by atoms with E-state index in [1.807, 2.05) is 13.8 Å². The predicted molar refractivity (Wildman–Crippen MR) is 126 cm³/mol. The van der Waals surface area contributed by atoms with E-state index in [0.29, 0.717) is 16.6 Å². The van der Waals surface area contributed by atoms with Crippen molar-refractivity contribution in [3.63, 3.8) is 0 Å². The first kappa shape index (κ1) is 26.6. The van der Waals surface area contributed by atoms with Gasteiger partial charge in [0.1, 0.15) is 17.1 Å². The van der Waals surface area contributed by atoms with Crippen LogP contribution in [-0.4, -0.2) is 29.2 Å². The van der Waals surface area contributed by atoms with Gasteiger partial charge in [-0.15, -0.1) is 0 Å². The maximum atomic E-state index is 12.9. The summed E-state index contributed by atoms with van der Waals surface area (Å²) in [6.45, 7) is 4.44. The average molecular weight is 473 g/mol. The lowest BCUT2D eigenvalue weighted by molar-refractivity contribution is -0.0502. The number of pyridine rings is 1. The summed E-state index contributed by atoms with van der Waals surface area (Å²) in [7, 11) is 1.30. The van der Waals surface area contributed by atoms with Crippen LogP contribution in [0, 0.1) is 11.3 Å². The van der Waals surface area contributed by atoms with Crippen LogP contribution in [0.5, 0.6) is 11.5 Å². The molecular weight excluding hydrogens is 442 g/mol. The summed E-state index contributed by atoms with van der Waals surface area (Å²) >= 11 is 0. The SMILES string of the molecule is C1CC1.CC.COc1cc(-c2cnn3cc(C(C)(C)C#N)ccc23)cc(OC(F)F)c1C(N)=O. The number of hydrogen-bond donors (Lipinski definition) is 1. The number of primary amides is 1. The summed E-state index contributed by atoms with van der Waals surface area (Å²) in [6.07, 6.45) is 7.77. The normalized spacial score (nSPS) is 12.1. The van der Waals surface area contributed by atoms with E-state index in [9.17, 15) is 18.8 Å². The molecule has 0 spiro atoms. The molecule has 3 aromatic rings. The number of methoxy groups -OCH3 is 1. The first-order chi connectivity index (χ1) is 16.2. The summed E-state index contributed by atoms with van der Waals surface area (Å²) < 4.78 is 37.0. The van der Waals surface area contributed by atoms with E-state index in [1.54, 1.807) is 42.9 Å². The number of amides is 1. The molecule has 1 aromatic carbocycles. The van der Waals surface area contributed by atoms with Crippen LogP contribution in [-0.2, 0) is 5.41 Å². The second-order valence-corrected chi connectivity index (χ2v) is 7.90. The lowest BCUT2D eigenvalue weighted by atomic mass is 9.87. The molecule has 0 saturated heterocycles. The topological polar surface area (TPSA) is 103 Å². The molecule has 34 heavy (non-hydrogen) atoms. The van der Waals surface area contributed by atoms with Crippen molar-refractivity contribution in [2.75, 3.05) is 7.11 Å². The molecule has 0 aliphatic heterocycles. The highest BCUT2D eigenvalue weighted by Gasteiger charge is 2.23. The minimum absolute atomic E-state index is 0.00670. The molecular formula is C25H30F2N4O3. The number of carbonyl (C=O) groups is 1. The van der Waals surface area contributed by atoms with E-state index in [0.717, 1.165) is 5.56 Å². The molecule has 1 fully saturated rings. The van der Waals surface area contributed by atoms with Crippen LogP contribution in [0.3, 0.4) is 0 Å². The number of nitrogens with zero attached hydrogens (tertiary/aromatic N) is 3. The third-order valence-electron chi connectivity index (χ3n) is 4.93. The van der Waals surface area contributed by atoms with Crippen molar-refractivity contribution in [1.29, 1.82) is 5.26 Å². The molecule has 2 heterocycles. The van der Waals surface area contributed by atoms with Crippen molar-refractivity contribution in [3.8, 4) is 28.7 Å². The van der Waals surface area contributed by atoms with Crippen LogP contribution < -0.4 is 15.2 Å². The number of alkyl halides is 2. The Hall–Kier alpha value is -3.67. The quantitative estimate of drug-likeness (QED) is 0.495. The minimum atomic E-state index is -3.15. The highest BCUT2D eigenvalue weighted by molar-refractivity contribution is 6.00. The fraction of sp³-hybridized carbons (Fsp3) is 0.400. The Labute approximate surface area is 198 Å². The van der Waals surface area contributed by atoms with Gasteiger partial charge in [0.25, 0.3) is 5.91 Å². The van der Waals surface area contributed by atoms with Crippen LogP contribution in [0.15, 0.2) is 36.7 Å². The summed E-state index contributed by atoms with van der Waals surface area (Å²) in [5.74, 6) is -1.33. The summed E-state index contributed by atoms with van der Waals surface area (Å²) in [5, 5.41) is 13.6. The van der Waals surface area contributed by atoms with Crippen molar-refractivity contribution in [1.82, 2.24) is 9.61 Å². The summed E-state index contributed by atoms with van der Waals surface area (Å²) in [5.41, 5.74) is 6.82. The molecule has 0 radical (unpaired) electrons. The van der Waals surface area contributed by atoms with Gasteiger partial charge in [-0.2, -0.15) is 19.1 Å². The van der Waals surface area contributed by atoms with E-state index in [4.69, 9.17) is 10.5 Å². The summed E-state index contributed by atoms with van der Waals surface area (Å²) in [4.78, 5) is 11.7. The van der Waals surface area contributed by atoms with Crippen molar-refractivity contribution < 1.29 is 23.0 Å². The van der Waals surface area contributed by atoms with Crippen LogP contribution in [0.2, 0.25) is 0 Å². The number of rotatable bonds is 6. The molecule has 2 N–H and O–H groups in total. The second kappa shape index (κ2) is 11.5. The fourth-order valence-electron chi connectivity index (χ4n) is 2.98. The van der Waals surface area contributed by atoms with E-state index >= 15 is 0 Å². The van der Waals surface area contributed by atoms with Gasteiger partial charge >= 0.3 is 6.61 Å². The number of nitrogens with two attached hydrogens (primary N) is 1. The van der Waals surface area contributed by atoms with Gasteiger partial charge in [-0.25, -0.2) is 4.52 Å². The Bertz CT molecular complexity index is 1180. The zero-order valence-corrected chi connectivity index (χ0v) is 20.1. The number of halogens is 2. The molecule has 1 aliphatic carbocycles. The lowest BCUT2D eigenvalue weighted by Crippen LogP contribution is -2.16. The van der Waals surface area contributed by atoms with E-state index in [2.05, 4.69) is 15.9 Å². The summed E-state index contributed by atoms with van der Waals surface area (Å²) in [6, 6.07) is 8.60. The number of ether oxygens (including phenoxy) is 2. The maximum Gasteiger partial charge on any atom is 0.387 e. The Balaban J connectivity index is 0.000000738. The van der Waals surface area contributed by atoms with Gasteiger partial charge in [0.2, 0.25) is 0 Å². The number of fused-ring (bicyclic) bond motifs is 1. The van der Waals surface area contributed by atoms with E-state index < -0.39 is 17.9 Å². The van der Waals surface area contributed by atoms with Gasteiger partial charge in [-0.05, 0) is 43.2 Å². The van der Waals surface area contributed by atoms with Gasteiger partial charge in [0.15, 0.2) is 0 Å². The first-order valence-corrected chi connectivity index (χ1v) is 11.0. The van der Waals surface area contributed by atoms with Gasteiger partial charge < -0.3 is 15.2 Å². The molecule has 0 unspecified atom stereocenters. The zero-order chi connectivity index (χ0) is 25.5. The third-order valence-corrected chi connectivity index (χ3v) is 4.93. The Morgan fingerprint density at radius 2 is 1.82 bits per heavy atom. The van der Waals surface area contributed by atoms with Gasteiger partial charge in [0, 0.05) is 11.8 Å². The highest BCUT2D eigenvalue weighted by Crippen LogP contribution is 2.37. The number of benzene rings is 1. The third kappa shape index (κ3) is 6.22. The minimum Gasteiger partial charge on any atom is -0.496 e. The van der Waals surface area contributed by atoms with Gasteiger partial charge in [-0.1, -0.05) is 39.2 Å². The highest BCUT2D eigenvalue weighted by atomic mass is 19.3. The fourth-order valence-corrected chi connectivity index (χ4v) is 2.98. The molecule has 7 nitrogen and oxygen atoms in total. The second-order valence-electron chi connectivity index (χ2n) is 7.90. The standard InChI is InChI=1S/C20H18F2N4O3.C3H6.C2H6/c1-20(2,10-23)12-4-5-14-13(8-25-26(14)9-12)11-6-15(28-3)17(18(24)27)16(7-11)29-19(21)22;1-2-3-1;1-2/h4-9,19H,1-3H3,(H2,24,27);1-3H2;1-2H3. The molecule has 4 rings (SSSR count). The maximum absolute atomic E-state index is 12.9. The number of hydrogen-bond acceptors (Lipinski definition) is 5. The molecule has 1 aliphatic rings. The molecule has 2 aromatic heterocycles. The van der Waals surface area contributed by atoms with E-state index in [1.165, 1.54) is 38.5 Å². The predicted octanol–water partition coefficient (Wildman–Crippen LogP) is 5.71. The number of nitriles is 1. The van der Waals surface area contributed by atoms with Gasteiger partial charge in [-0.3, -0.25) is 4.79 Å². The number of carbonyl (C=O) groups excluding carboxylic acids is 1. The number of aromatic nitrogens is 2. The lowest BCUT2D eigenvalue weighted by Gasteiger charge is -2.16. The molecule has 0 bridgehead atoms. The van der Waals surface area contributed by atoms with Crippen LogP contribution >= 0.6 is 0 Å². The van der Waals surface area contributed by atoms with Crippen molar-refractivity contribution in [3.05, 3.63) is 47.8 Å².